The first-order valence-electron chi connectivity index (χ1n) is 6.01. The van der Waals surface area contributed by atoms with E-state index in [0.717, 1.165) is 5.56 Å². The maximum Gasteiger partial charge on any atom is 0.244 e. The van der Waals surface area contributed by atoms with Crippen molar-refractivity contribution in [2.45, 2.75) is 25.9 Å². The van der Waals surface area contributed by atoms with Gasteiger partial charge in [0.15, 0.2) is 0 Å². The van der Waals surface area contributed by atoms with Crippen molar-refractivity contribution in [1.29, 1.82) is 0 Å². The minimum atomic E-state index is -0.345. The monoisotopic (exact) mass is 267 g/mol. The fourth-order valence-corrected chi connectivity index (χ4v) is 1.61. The Hall–Kier alpha value is -1.32. The van der Waals surface area contributed by atoms with Crippen LogP contribution in [0.15, 0.2) is 30.3 Å². The number of aliphatic hydroxyl groups excluding tert-OH is 1. The van der Waals surface area contributed by atoms with Crippen molar-refractivity contribution in [3.05, 3.63) is 40.9 Å². The smallest absolute Gasteiger partial charge is 0.244 e. The second kappa shape index (κ2) is 7.90. The minimum absolute atomic E-state index is 0.168. The third-order valence-electron chi connectivity index (χ3n) is 2.52. The predicted octanol–water partition coefficient (Wildman–Crippen LogP) is 2.63. The van der Waals surface area contributed by atoms with Gasteiger partial charge in [0.05, 0.1) is 6.10 Å². The highest BCUT2D eigenvalue weighted by Gasteiger charge is 2.01. The molecule has 0 aliphatic carbocycles. The van der Waals surface area contributed by atoms with Gasteiger partial charge in [-0.3, -0.25) is 4.79 Å². The molecule has 18 heavy (non-hydrogen) atoms. The summed E-state index contributed by atoms with van der Waals surface area (Å²) in [5, 5.41) is 12.7. The van der Waals surface area contributed by atoms with Crippen LogP contribution in [-0.2, 0) is 4.79 Å². The molecular formula is C14H18ClNO2. The Balaban J connectivity index is 2.36. The van der Waals surface area contributed by atoms with Crippen molar-refractivity contribution < 1.29 is 9.90 Å². The van der Waals surface area contributed by atoms with Crippen molar-refractivity contribution in [1.82, 2.24) is 5.32 Å². The molecule has 0 fully saturated rings. The molecule has 0 aliphatic heterocycles. The summed E-state index contributed by atoms with van der Waals surface area (Å²) in [6.07, 6.45) is 4.10. The first-order chi connectivity index (χ1) is 8.61. The van der Waals surface area contributed by atoms with E-state index in [4.69, 9.17) is 11.6 Å². The molecule has 1 atom stereocenters. The lowest BCUT2D eigenvalue weighted by Gasteiger charge is -2.07. The van der Waals surface area contributed by atoms with E-state index in [1.165, 1.54) is 6.08 Å². The van der Waals surface area contributed by atoms with Gasteiger partial charge in [0.1, 0.15) is 0 Å². The van der Waals surface area contributed by atoms with Crippen LogP contribution >= 0.6 is 11.6 Å². The molecule has 1 amide bonds. The Bertz CT molecular complexity index is 418. The topological polar surface area (TPSA) is 49.3 Å². The number of aliphatic hydroxyl groups is 1. The molecule has 98 valence electrons. The Morgan fingerprint density at radius 1 is 1.56 bits per heavy atom. The molecule has 1 aromatic rings. The number of carbonyl (C=O) groups is 1. The van der Waals surface area contributed by atoms with Gasteiger partial charge in [-0.1, -0.05) is 30.7 Å². The first kappa shape index (κ1) is 14.7. The lowest BCUT2D eigenvalue weighted by Crippen LogP contribution is -2.25. The summed E-state index contributed by atoms with van der Waals surface area (Å²) >= 11 is 5.83. The average molecular weight is 268 g/mol. The van der Waals surface area contributed by atoms with Gasteiger partial charge >= 0.3 is 0 Å². The van der Waals surface area contributed by atoms with Crippen LogP contribution in [-0.4, -0.2) is 23.7 Å². The molecule has 0 bridgehead atoms. The van der Waals surface area contributed by atoms with Gasteiger partial charge in [-0.05, 0) is 36.6 Å². The van der Waals surface area contributed by atoms with Gasteiger partial charge in [0.2, 0.25) is 5.91 Å². The molecule has 1 unspecified atom stereocenters. The quantitative estimate of drug-likeness (QED) is 0.779. The molecule has 0 saturated carbocycles. The zero-order chi connectivity index (χ0) is 13.4. The molecule has 1 aromatic carbocycles. The van der Waals surface area contributed by atoms with Crippen LogP contribution in [0, 0.1) is 0 Å². The number of halogens is 1. The maximum atomic E-state index is 11.5. The second-order valence-corrected chi connectivity index (χ2v) is 4.47. The highest BCUT2D eigenvalue weighted by atomic mass is 35.5. The average Bonchev–Trinajstić information content (AvgIpc) is 2.36. The maximum absolute atomic E-state index is 11.5. The lowest BCUT2D eigenvalue weighted by molar-refractivity contribution is -0.116. The summed E-state index contributed by atoms with van der Waals surface area (Å²) in [4.78, 5) is 11.5. The van der Waals surface area contributed by atoms with Crippen LogP contribution in [0.1, 0.15) is 25.3 Å². The number of carbonyl (C=O) groups excluding carboxylic acids is 1. The fourth-order valence-electron chi connectivity index (χ4n) is 1.41. The van der Waals surface area contributed by atoms with E-state index >= 15 is 0 Å². The van der Waals surface area contributed by atoms with Crippen molar-refractivity contribution in [3.63, 3.8) is 0 Å². The van der Waals surface area contributed by atoms with E-state index < -0.39 is 0 Å². The third kappa shape index (κ3) is 5.84. The molecule has 0 saturated heterocycles. The first-order valence-corrected chi connectivity index (χ1v) is 6.39. The molecule has 1 rings (SSSR count). The SMILES string of the molecule is CCC(O)CCNC(=O)/C=C/c1cccc(Cl)c1. The molecule has 3 nitrogen and oxygen atoms in total. The van der Waals surface area contributed by atoms with Gasteiger partial charge in [-0.15, -0.1) is 0 Å². The standard InChI is InChI=1S/C14H18ClNO2/c1-2-13(17)8-9-16-14(18)7-6-11-4-3-5-12(15)10-11/h3-7,10,13,17H,2,8-9H2,1H3,(H,16,18)/b7-6+. The van der Waals surface area contributed by atoms with Gasteiger partial charge in [-0.2, -0.15) is 0 Å². The molecule has 0 aliphatic rings. The molecule has 0 spiro atoms. The number of benzene rings is 1. The van der Waals surface area contributed by atoms with E-state index in [0.29, 0.717) is 24.4 Å². The van der Waals surface area contributed by atoms with E-state index in [-0.39, 0.29) is 12.0 Å². The van der Waals surface area contributed by atoms with Crippen LogP contribution in [0.2, 0.25) is 5.02 Å². The summed E-state index contributed by atoms with van der Waals surface area (Å²) < 4.78 is 0. The number of hydrogen-bond donors (Lipinski definition) is 2. The Morgan fingerprint density at radius 2 is 2.33 bits per heavy atom. The van der Waals surface area contributed by atoms with Crippen LogP contribution in [0.25, 0.3) is 6.08 Å². The van der Waals surface area contributed by atoms with Crippen LogP contribution in [0.4, 0.5) is 0 Å². The van der Waals surface area contributed by atoms with Crippen LogP contribution < -0.4 is 5.32 Å². The van der Waals surface area contributed by atoms with Crippen LogP contribution in [0.3, 0.4) is 0 Å². The van der Waals surface area contributed by atoms with Crippen molar-refractivity contribution in [3.8, 4) is 0 Å². The van der Waals surface area contributed by atoms with E-state index in [2.05, 4.69) is 5.32 Å². The van der Waals surface area contributed by atoms with Gasteiger partial charge in [0, 0.05) is 17.6 Å². The number of hydrogen-bond acceptors (Lipinski definition) is 2. The van der Waals surface area contributed by atoms with Crippen molar-refractivity contribution in [2.75, 3.05) is 6.54 Å². The van der Waals surface area contributed by atoms with E-state index in [9.17, 15) is 9.90 Å². The number of rotatable bonds is 6. The molecule has 0 aromatic heterocycles. The van der Waals surface area contributed by atoms with Crippen molar-refractivity contribution in [2.24, 2.45) is 0 Å². The molecule has 2 N–H and O–H groups in total. The molecular weight excluding hydrogens is 250 g/mol. The second-order valence-electron chi connectivity index (χ2n) is 4.03. The normalized spacial score (nSPS) is 12.6. The summed E-state index contributed by atoms with van der Waals surface area (Å²) in [6, 6.07) is 7.27. The largest absolute Gasteiger partial charge is 0.393 e. The van der Waals surface area contributed by atoms with Crippen molar-refractivity contribution >= 4 is 23.6 Å². The zero-order valence-corrected chi connectivity index (χ0v) is 11.2. The predicted molar refractivity (Wildman–Crippen MR) is 74.4 cm³/mol. The Labute approximate surface area is 112 Å². The molecule has 4 heteroatoms. The fraction of sp³-hybridized carbons (Fsp3) is 0.357. The molecule has 0 radical (unpaired) electrons. The summed E-state index contributed by atoms with van der Waals surface area (Å²) in [5.74, 6) is -0.168. The van der Waals surface area contributed by atoms with Gasteiger partial charge in [-0.25, -0.2) is 0 Å². The Kier molecular flexibility index (Phi) is 6.47. The third-order valence-corrected chi connectivity index (χ3v) is 2.76. The lowest BCUT2D eigenvalue weighted by atomic mass is 10.2. The highest BCUT2D eigenvalue weighted by molar-refractivity contribution is 6.30. The summed E-state index contributed by atoms with van der Waals surface area (Å²) in [5.41, 5.74) is 0.881. The zero-order valence-electron chi connectivity index (χ0n) is 10.4. The number of nitrogens with one attached hydrogen (secondary N) is 1. The van der Waals surface area contributed by atoms with Gasteiger partial charge < -0.3 is 10.4 Å². The summed E-state index contributed by atoms with van der Waals surface area (Å²) in [7, 11) is 0. The minimum Gasteiger partial charge on any atom is -0.393 e. The van der Waals surface area contributed by atoms with E-state index in [1.54, 1.807) is 18.2 Å². The van der Waals surface area contributed by atoms with Crippen LogP contribution in [0.5, 0.6) is 0 Å². The van der Waals surface area contributed by atoms with E-state index in [1.807, 2.05) is 19.1 Å². The molecule has 0 heterocycles. The Morgan fingerprint density at radius 3 is 3.00 bits per heavy atom. The number of amides is 1. The van der Waals surface area contributed by atoms with Gasteiger partial charge in [0.25, 0.3) is 0 Å². The highest BCUT2D eigenvalue weighted by Crippen LogP contribution is 2.11. The summed E-state index contributed by atoms with van der Waals surface area (Å²) in [6.45, 7) is 2.39.